The van der Waals surface area contributed by atoms with Crippen LogP contribution in [0, 0.1) is 5.92 Å². The minimum absolute atomic E-state index is 0.167. The maximum atomic E-state index is 5.85. The van der Waals surface area contributed by atoms with Crippen LogP contribution in [0.5, 0.6) is 0 Å². The van der Waals surface area contributed by atoms with Crippen LogP contribution in [0.25, 0.3) is 0 Å². The van der Waals surface area contributed by atoms with E-state index in [4.69, 9.17) is 4.74 Å². The van der Waals surface area contributed by atoms with E-state index < -0.39 is 0 Å². The SMILES string of the molecule is CNC(C1CCC1)C1(OC)CCCC1. The summed E-state index contributed by atoms with van der Waals surface area (Å²) in [6.45, 7) is 0. The van der Waals surface area contributed by atoms with Crippen molar-refractivity contribution in [1.29, 1.82) is 0 Å². The van der Waals surface area contributed by atoms with Gasteiger partial charge in [-0.05, 0) is 38.6 Å². The predicted molar refractivity (Wildman–Crippen MR) is 58.4 cm³/mol. The van der Waals surface area contributed by atoms with E-state index in [1.807, 2.05) is 7.11 Å². The average molecular weight is 197 g/mol. The Hall–Kier alpha value is -0.0800. The van der Waals surface area contributed by atoms with E-state index in [1.54, 1.807) is 0 Å². The number of hydrogen-bond donors (Lipinski definition) is 1. The smallest absolute Gasteiger partial charge is 0.0833 e. The third kappa shape index (κ3) is 1.59. The van der Waals surface area contributed by atoms with Gasteiger partial charge in [-0.15, -0.1) is 0 Å². The molecular formula is C12H23NO. The first-order chi connectivity index (χ1) is 6.82. The van der Waals surface area contributed by atoms with Gasteiger partial charge in [0.25, 0.3) is 0 Å². The quantitative estimate of drug-likeness (QED) is 0.747. The van der Waals surface area contributed by atoms with Gasteiger partial charge >= 0.3 is 0 Å². The molecule has 0 aromatic heterocycles. The van der Waals surface area contributed by atoms with Gasteiger partial charge < -0.3 is 10.1 Å². The Bertz CT molecular complexity index is 183. The van der Waals surface area contributed by atoms with Gasteiger partial charge in [-0.3, -0.25) is 0 Å². The van der Waals surface area contributed by atoms with Crippen molar-refractivity contribution in [3.63, 3.8) is 0 Å². The number of hydrogen-bond acceptors (Lipinski definition) is 2. The molecule has 0 amide bonds. The van der Waals surface area contributed by atoms with Crippen LogP contribution < -0.4 is 5.32 Å². The maximum Gasteiger partial charge on any atom is 0.0833 e. The van der Waals surface area contributed by atoms with Crippen molar-refractivity contribution < 1.29 is 4.74 Å². The molecule has 0 aliphatic heterocycles. The minimum Gasteiger partial charge on any atom is -0.377 e. The van der Waals surface area contributed by atoms with E-state index in [9.17, 15) is 0 Å². The van der Waals surface area contributed by atoms with Crippen LogP contribution in [0.4, 0.5) is 0 Å². The number of nitrogens with one attached hydrogen (secondary N) is 1. The van der Waals surface area contributed by atoms with Gasteiger partial charge in [0.2, 0.25) is 0 Å². The van der Waals surface area contributed by atoms with Gasteiger partial charge in [-0.25, -0.2) is 0 Å². The van der Waals surface area contributed by atoms with Crippen LogP contribution in [-0.2, 0) is 4.74 Å². The van der Waals surface area contributed by atoms with Gasteiger partial charge in [0.05, 0.1) is 5.60 Å². The monoisotopic (exact) mass is 197 g/mol. The Morgan fingerprint density at radius 3 is 2.21 bits per heavy atom. The van der Waals surface area contributed by atoms with Crippen molar-refractivity contribution in [2.45, 2.75) is 56.6 Å². The molecule has 0 aromatic carbocycles. The summed E-state index contributed by atoms with van der Waals surface area (Å²) in [5, 5.41) is 3.51. The second kappa shape index (κ2) is 4.19. The standard InChI is InChI=1S/C12H23NO/c1-13-11(10-6-5-7-10)12(14-2)8-3-4-9-12/h10-11,13H,3-9H2,1-2H3. The molecule has 2 fully saturated rings. The summed E-state index contributed by atoms with van der Waals surface area (Å²) in [6.07, 6.45) is 9.42. The topological polar surface area (TPSA) is 21.3 Å². The Kier molecular flexibility index (Phi) is 3.13. The van der Waals surface area contributed by atoms with Gasteiger partial charge in [-0.2, -0.15) is 0 Å². The second-order valence-electron chi connectivity index (χ2n) is 4.93. The lowest BCUT2D eigenvalue weighted by Gasteiger charge is -2.44. The Morgan fingerprint density at radius 2 is 1.86 bits per heavy atom. The number of rotatable bonds is 4. The molecule has 0 spiro atoms. The fourth-order valence-electron chi connectivity index (χ4n) is 3.32. The highest BCUT2D eigenvalue weighted by Crippen LogP contribution is 2.43. The second-order valence-corrected chi connectivity index (χ2v) is 4.93. The van der Waals surface area contributed by atoms with Crippen molar-refractivity contribution in [1.82, 2.24) is 5.32 Å². The summed E-state index contributed by atoms with van der Waals surface area (Å²) in [5.74, 6) is 0.873. The molecule has 0 bridgehead atoms. The Morgan fingerprint density at radius 1 is 1.21 bits per heavy atom. The molecule has 0 aromatic rings. The van der Waals surface area contributed by atoms with Crippen LogP contribution in [-0.4, -0.2) is 25.8 Å². The molecule has 0 heterocycles. The fraction of sp³-hybridized carbons (Fsp3) is 1.00. The highest BCUT2D eigenvalue weighted by atomic mass is 16.5. The van der Waals surface area contributed by atoms with Gasteiger partial charge in [0.1, 0.15) is 0 Å². The molecule has 2 nitrogen and oxygen atoms in total. The van der Waals surface area contributed by atoms with Crippen molar-refractivity contribution in [2.24, 2.45) is 5.92 Å². The summed E-state index contributed by atoms with van der Waals surface area (Å²) in [6, 6.07) is 0.601. The summed E-state index contributed by atoms with van der Waals surface area (Å²) in [5.41, 5.74) is 0.167. The lowest BCUT2D eigenvalue weighted by Crippen LogP contribution is -2.54. The molecule has 2 heteroatoms. The third-order valence-electron chi connectivity index (χ3n) is 4.36. The summed E-state index contributed by atoms with van der Waals surface area (Å²) in [4.78, 5) is 0. The van der Waals surface area contributed by atoms with Crippen LogP contribution in [0.15, 0.2) is 0 Å². The van der Waals surface area contributed by atoms with E-state index in [1.165, 1.54) is 44.9 Å². The highest BCUT2D eigenvalue weighted by Gasteiger charge is 2.45. The third-order valence-corrected chi connectivity index (χ3v) is 4.36. The number of ether oxygens (including phenoxy) is 1. The molecule has 1 unspecified atom stereocenters. The van der Waals surface area contributed by atoms with Gasteiger partial charge in [0.15, 0.2) is 0 Å². The lowest BCUT2D eigenvalue weighted by molar-refractivity contribution is -0.0602. The Balaban J connectivity index is 2.06. The van der Waals surface area contributed by atoms with Crippen LogP contribution in [0.2, 0.25) is 0 Å². The van der Waals surface area contributed by atoms with Gasteiger partial charge in [-0.1, -0.05) is 19.3 Å². The van der Waals surface area contributed by atoms with E-state index in [0.29, 0.717) is 6.04 Å². The molecule has 0 radical (unpaired) electrons. The molecule has 82 valence electrons. The summed E-state index contributed by atoms with van der Waals surface area (Å²) < 4.78 is 5.85. The first-order valence-corrected chi connectivity index (χ1v) is 6.05. The zero-order valence-electron chi connectivity index (χ0n) is 9.51. The molecule has 1 N–H and O–H groups in total. The maximum absolute atomic E-state index is 5.85. The molecule has 2 aliphatic rings. The fourth-order valence-corrected chi connectivity index (χ4v) is 3.32. The minimum atomic E-state index is 0.167. The summed E-state index contributed by atoms with van der Waals surface area (Å²) >= 11 is 0. The van der Waals surface area contributed by atoms with Crippen molar-refractivity contribution >= 4 is 0 Å². The first kappa shape index (κ1) is 10.4. The highest BCUT2D eigenvalue weighted by molar-refractivity contribution is 5.01. The molecule has 1 atom stereocenters. The molecule has 2 saturated carbocycles. The first-order valence-electron chi connectivity index (χ1n) is 6.05. The molecule has 2 rings (SSSR count). The van der Waals surface area contributed by atoms with Gasteiger partial charge in [0, 0.05) is 13.2 Å². The number of likely N-dealkylation sites (N-methyl/N-ethyl adjacent to an activating group) is 1. The molecule has 2 aliphatic carbocycles. The van der Waals surface area contributed by atoms with E-state index in [0.717, 1.165) is 5.92 Å². The zero-order valence-corrected chi connectivity index (χ0v) is 9.51. The largest absolute Gasteiger partial charge is 0.377 e. The van der Waals surface area contributed by atoms with E-state index >= 15 is 0 Å². The molecule has 0 saturated heterocycles. The predicted octanol–water partition coefficient (Wildman–Crippen LogP) is 2.33. The molecular weight excluding hydrogens is 174 g/mol. The normalized spacial score (nSPS) is 28.7. The van der Waals surface area contributed by atoms with E-state index in [2.05, 4.69) is 12.4 Å². The number of methoxy groups -OCH3 is 1. The Labute approximate surface area is 87.4 Å². The van der Waals surface area contributed by atoms with Crippen molar-refractivity contribution in [2.75, 3.05) is 14.2 Å². The van der Waals surface area contributed by atoms with E-state index in [-0.39, 0.29) is 5.60 Å². The summed E-state index contributed by atoms with van der Waals surface area (Å²) in [7, 11) is 4.00. The van der Waals surface area contributed by atoms with Crippen LogP contribution in [0.3, 0.4) is 0 Å². The molecule has 14 heavy (non-hydrogen) atoms. The van der Waals surface area contributed by atoms with Crippen molar-refractivity contribution in [3.8, 4) is 0 Å². The lowest BCUT2D eigenvalue weighted by atomic mass is 9.72. The van der Waals surface area contributed by atoms with Crippen LogP contribution >= 0.6 is 0 Å². The van der Waals surface area contributed by atoms with Crippen LogP contribution in [0.1, 0.15) is 44.9 Å². The van der Waals surface area contributed by atoms with Crippen molar-refractivity contribution in [3.05, 3.63) is 0 Å². The average Bonchev–Trinajstić information content (AvgIpc) is 2.60. The zero-order chi connectivity index (χ0) is 10.0.